The zero-order valence-electron chi connectivity index (χ0n) is 11.5. The van der Waals surface area contributed by atoms with Crippen LogP contribution in [0.1, 0.15) is 25.0 Å². The third kappa shape index (κ3) is 4.28. The molecule has 0 fully saturated rings. The van der Waals surface area contributed by atoms with Gasteiger partial charge in [0.2, 0.25) is 0 Å². The van der Waals surface area contributed by atoms with Gasteiger partial charge < -0.3 is 15.8 Å². The number of carbonyl (C=O) groups excluding carboxylic acids is 1. The molecule has 1 aromatic carbocycles. The van der Waals surface area contributed by atoms with Gasteiger partial charge in [0.1, 0.15) is 5.75 Å². The monoisotopic (exact) mass is 250 g/mol. The number of ether oxygens (including phenoxy) is 1. The molecule has 0 aliphatic rings. The Hall–Kier alpha value is -1.71. The maximum Gasteiger partial charge on any atom is 0.257 e. The molecular formula is C14H22N2O2. The lowest BCUT2D eigenvalue weighted by Gasteiger charge is -2.13. The zero-order chi connectivity index (χ0) is 13.7. The van der Waals surface area contributed by atoms with Gasteiger partial charge in [-0.2, -0.15) is 0 Å². The van der Waals surface area contributed by atoms with Crippen molar-refractivity contribution in [3.8, 4) is 5.75 Å². The van der Waals surface area contributed by atoms with Crippen molar-refractivity contribution in [2.24, 2.45) is 5.92 Å². The number of hydrogen-bond acceptors (Lipinski definition) is 3. The van der Waals surface area contributed by atoms with E-state index in [0.29, 0.717) is 18.2 Å². The largest absolute Gasteiger partial charge is 0.483 e. The summed E-state index contributed by atoms with van der Waals surface area (Å²) in [4.78, 5) is 11.5. The lowest BCUT2D eigenvalue weighted by Crippen LogP contribution is -2.31. The standard InChI is InChI=1S/C14H22N2O2/c1-9(2)7-16-13(17)8-18-14-10(3)5-12(15)6-11(14)4/h5-6,9H,7-8,15H2,1-4H3,(H,16,17). The average molecular weight is 250 g/mol. The number of nitrogens with two attached hydrogens (primary N) is 1. The molecule has 0 radical (unpaired) electrons. The van der Waals surface area contributed by atoms with E-state index >= 15 is 0 Å². The number of amides is 1. The highest BCUT2D eigenvalue weighted by atomic mass is 16.5. The van der Waals surface area contributed by atoms with Gasteiger partial charge in [-0.1, -0.05) is 13.8 Å². The number of hydrogen-bond donors (Lipinski definition) is 2. The van der Waals surface area contributed by atoms with Crippen LogP contribution in [0.15, 0.2) is 12.1 Å². The van der Waals surface area contributed by atoms with E-state index in [4.69, 9.17) is 10.5 Å². The third-order valence-corrected chi connectivity index (χ3v) is 2.54. The van der Waals surface area contributed by atoms with Crippen LogP contribution >= 0.6 is 0 Å². The Labute approximate surface area is 109 Å². The molecule has 1 aromatic rings. The second kappa shape index (κ2) is 6.28. The van der Waals surface area contributed by atoms with Gasteiger partial charge in [0.25, 0.3) is 5.91 Å². The summed E-state index contributed by atoms with van der Waals surface area (Å²) in [6.45, 7) is 8.65. The topological polar surface area (TPSA) is 64.3 Å². The van der Waals surface area contributed by atoms with Crippen LogP contribution in [0.3, 0.4) is 0 Å². The van der Waals surface area contributed by atoms with Crippen LogP contribution in [-0.2, 0) is 4.79 Å². The molecule has 100 valence electrons. The zero-order valence-corrected chi connectivity index (χ0v) is 11.5. The van der Waals surface area contributed by atoms with E-state index in [-0.39, 0.29) is 12.5 Å². The SMILES string of the molecule is Cc1cc(N)cc(C)c1OCC(=O)NCC(C)C. The first kappa shape index (κ1) is 14.4. The van der Waals surface area contributed by atoms with Crippen molar-refractivity contribution < 1.29 is 9.53 Å². The highest BCUT2D eigenvalue weighted by Gasteiger charge is 2.08. The van der Waals surface area contributed by atoms with Crippen molar-refractivity contribution in [2.75, 3.05) is 18.9 Å². The number of anilines is 1. The van der Waals surface area contributed by atoms with E-state index in [0.717, 1.165) is 16.9 Å². The lowest BCUT2D eigenvalue weighted by molar-refractivity contribution is -0.123. The second-order valence-corrected chi connectivity index (χ2v) is 4.97. The molecule has 0 heterocycles. The van der Waals surface area contributed by atoms with Crippen molar-refractivity contribution in [3.63, 3.8) is 0 Å². The lowest BCUT2D eigenvalue weighted by atomic mass is 10.1. The number of nitrogen functional groups attached to an aromatic ring is 1. The average Bonchev–Trinajstić information content (AvgIpc) is 2.24. The summed E-state index contributed by atoms with van der Waals surface area (Å²) in [5, 5.41) is 2.81. The van der Waals surface area contributed by atoms with Crippen LogP contribution in [0.25, 0.3) is 0 Å². The molecule has 0 spiro atoms. The second-order valence-electron chi connectivity index (χ2n) is 4.97. The van der Waals surface area contributed by atoms with Gasteiger partial charge in [-0.05, 0) is 43.0 Å². The van der Waals surface area contributed by atoms with E-state index < -0.39 is 0 Å². The fourth-order valence-electron chi connectivity index (χ4n) is 1.72. The molecule has 0 atom stereocenters. The number of benzene rings is 1. The first-order chi connectivity index (χ1) is 8.40. The van der Waals surface area contributed by atoms with Crippen molar-refractivity contribution in [3.05, 3.63) is 23.3 Å². The van der Waals surface area contributed by atoms with E-state index in [1.807, 2.05) is 26.0 Å². The van der Waals surface area contributed by atoms with Crippen molar-refractivity contribution in [1.82, 2.24) is 5.32 Å². The van der Waals surface area contributed by atoms with Gasteiger partial charge in [-0.25, -0.2) is 0 Å². The van der Waals surface area contributed by atoms with Gasteiger partial charge in [-0.3, -0.25) is 4.79 Å². The van der Waals surface area contributed by atoms with Crippen molar-refractivity contribution in [1.29, 1.82) is 0 Å². The minimum Gasteiger partial charge on any atom is -0.483 e. The predicted molar refractivity (Wildman–Crippen MR) is 73.7 cm³/mol. The summed E-state index contributed by atoms with van der Waals surface area (Å²) in [5.74, 6) is 1.08. The minimum absolute atomic E-state index is 0.0400. The van der Waals surface area contributed by atoms with Crippen LogP contribution < -0.4 is 15.8 Å². The summed E-state index contributed by atoms with van der Waals surface area (Å²) in [6, 6.07) is 3.68. The molecule has 0 saturated heterocycles. The Morgan fingerprint density at radius 2 is 1.89 bits per heavy atom. The maximum atomic E-state index is 11.5. The Balaban J connectivity index is 2.56. The Morgan fingerprint density at radius 1 is 1.33 bits per heavy atom. The molecule has 0 aliphatic heterocycles. The van der Waals surface area contributed by atoms with Gasteiger partial charge in [0.15, 0.2) is 6.61 Å². The molecule has 0 unspecified atom stereocenters. The van der Waals surface area contributed by atoms with Crippen LogP contribution in [0.4, 0.5) is 5.69 Å². The molecule has 1 amide bonds. The first-order valence-electron chi connectivity index (χ1n) is 6.16. The number of aryl methyl sites for hydroxylation is 2. The molecular weight excluding hydrogens is 228 g/mol. The maximum absolute atomic E-state index is 11.5. The highest BCUT2D eigenvalue weighted by Crippen LogP contribution is 2.25. The summed E-state index contributed by atoms with van der Waals surface area (Å²) >= 11 is 0. The van der Waals surface area contributed by atoms with Gasteiger partial charge in [0.05, 0.1) is 0 Å². The first-order valence-corrected chi connectivity index (χ1v) is 6.16. The van der Waals surface area contributed by atoms with Gasteiger partial charge >= 0.3 is 0 Å². The molecule has 1 rings (SSSR count). The predicted octanol–water partition coefficient (Wildman–Crippen LogP) is 2.04. The smallest absolute Gasteiger partial charge is 0.257 e. The fraction of sp³-hybridized carbons (Fsp3) is 0.500. The Bertz CT molecular complexity index is 405. The highest BCUT2D eigenvalue weighted by molar-refractivity contribution is 5.77. The molecule has 4 nitrogen and oxygen atoms in total. The molecule has 0 aromatic heterocycles. The number of nitrogens with one attached hydrogen (secondary N) is 1. The fourth-order valence-corrected chi connectivity index (χ4v) is 1.72. The van der Waals surface area contributed by atoms with E-state index in [2.05, 4.69) is 19.2 Å². The molecule has 0 bridgehead atoms. The third-order valence-electron chi connectivity index (χ3n) is 2.54. The van der Waals surface area contributed by atoms with Crippen LogP contribution in [0.5, 0.6) is 5.75 Å². The van der Waals surface area contributed by atoms with Crippen LogP contribution in [0, 0.1) is 19.8 Å². The van der Waals surface area contributed by atoms with Gasteiger partial charge in [-0.15, -0.1) is 0 Å². The summed E-state index contributed by atoms with van der Waals surface area (Å²) < 4.78 is 5.55. The van der Waals surface area contributed by atoms with E-state index in [1.54, 1.807) is 0 Å². The number of carbonyl (C=O) groups is 1. The molecule has 0 saturated carbocycles. The Morgan fingerprint density at radius 3 is 2.39 bits per heavy atom. The van der Waals surface area contributed by atoms with E-state index in [1.165, 1.54) is 0 Å². The van der Waals surface area contributed by atoms with Crippen LogP contribution in [0.2, 0.25) is 0 Å². The normalized spacial score (nSPS) is 10.5. The Kier molecular flexibility index (Phi) is 5.01. The molecule has 3 N–H and O–H groups in total. The summed E-state index contributed by atoms with van der Waals surface area (Å²) in [7, 11) is 0. The molecule has 18 heavy (non-hydrogen) atoms. The van der Waals surface area contributed by atoms with Crippen molar-refractivity contribution >= 4 is 11.6 Å². The van der Waals surface area contributed by atoms with Gasteiger partial charge in [0, 0.05) is 12.2 Å². The minimum atomic E-state index is -0.0978. The van der Waals surface area contributed by atoms with E-state index in [9.17, 15) is 4.79 Å². The van der Waals surface area contributed by atoms with Crippen molar-refractivity contribution in [2.45, 2.75) is 27.7 Å². The molecule has 4 heteroatoms. The quantitative estimate of drug-likeness (QED) is 0.786. The molecule has 0 aliphatic carbocycles. The summed E-state index contributed by atoms with van der Waals surface area (Å²) in [5.41, 5.74) is 8.34. The number of rotatable bonds is 5. The van der Waals surface area contributed by atoms with Crippen LogP contribution in [-0.4, -0.2) is 19.1 Å². The summed E-state index contributed by atoms with van der Waals surface area (Å²) in [6.07, 6.45) is 0.